The standard InChI is InChI=1S/C18H26FN3O3S/c1-15-7-4-5-12-22(15)18(23)14-21-11-6-10-20(26(21,24)25)13-16-8-2-3-9-17(16)19/h2-3,8-9,15H,4-7,10-14H2,1H3/t15-/m0/s1. The molecule has 2 fully saturated rings. The lowest BCUT2D eigenvalue weighted by Gasteiger charge is -2.38. The summed E-state index contributed by atoms with van der Waals surface area (Å²) in [5.41, 5.74) is 0.342. The van der Waals surface area contributed by atoms with E-state index in [4.69, 9.17) is 0 Å². The van der Waals surface area contributed by atoms with E-state index >= 15 is 0 Å². The van der Waals surface area contributed by atoms with Crippen molar-refractivity contribution in [2.75, 3.05) is 26.2 Å². The van der Waals surface area contributed by atoms with Crippen molar-refractivity contribution in [1.82, 2.24) is 13.5 Å². The SMILES string of the molecule is C[C@H]1CCCCN1C(=O)CN1CCCN(Cc2ccccc2F)S1(=O)=O. The number of nitrogens with zero attached hydrogens (tertiary/aromatic N) is 3. The maximum atomic E-state index is 13.9. The highest BCUT2D eigenvalue weighted by molar-refractivity contribution is 7.86. The van der Waals surface area contributed by atoms with Gasteiger partial charge >= 0.3 is 0 Å². The zero-order valence-electron chi connectivity index (χ0n) is 15.1. The number of benzene rings is 1. The number of hydrogen-bond donors (Lipinski definition) is 0. The third-order valence-electron chi connectivity index (χ3n) is 5.21. The third-order valence-corrected chi connectivity index (χ3v) is 7.14. The molecule has 2 aliphatic heterocycles. The first kappa shape index (κ1) is 19.3. The first-order chi connectivity index (χ1) is 12.4. The molecule has 1 atom stereocenters. The molecule has 2 aliphatic rings. The molecule has 0 aromatic heterocycles. The second kappa shape index (κ2) is 8.02. The minimum absolute atomic E-state index is 0.0141. The molecule has 0 aliphatic carbocycles. The predicted octanol–water partition coefficient (Wildman–Crippen LogP) is 1.98. The molecule has 0 spiro atoms. The Morgan fingerprint density at radius 3 is 2.58 bits per heavy atom. The topological polar surface area (TPSA) is 60.9 Å². The first-order valence-corrected chi connectivity index (χ1v) is 10.6. The molecule has 0 bridgehead atoms. The van der Waals surface area contributed by atoms with E-state index in [2.05, 4.69) is 0 Å². The summed E-state index contributed by atoms with van der Waals surface area (Å²) in [6, 6.07) is 6.33. The maximum absolute atomic E-state index is 13.9. The van der Waals surface area contributed by atoms with Crippen LogP contribution in [0, 0.1) is 5.82 Å². The van der Waals surface area contributed by atoms with Crippen LogP contribution in [0.2, 0.25) is 0 Å². The zero-order chi connectivity index (χ0) is 18.7. The van der Waals surface area contributed by atoms with Crippen molar-refractivity contribution in [3.63, 3.8) is 0 Å². The van der Waals surface area contributed by atoms with Gasteiger partial charge in [0, 0.05) is 37.8 Å². The Balaban J connectivity index is 1.70. The second-order valence-electron chi connectivity index (χ2n) is 7.05. The molecule has 0 saturated carbocycles. The van der Waals surface area contributed by atoms with E-state index in [-0.39, 0.29) is 25.0 Å². The van der Waals surface area contributed by atoms with Crippen molar-refractivity contribution in [2.24, 2.45) is 0 Å². The average Bonchev–Trinajstić information content (AvgIpc) is 2.60. The smallest absolute Gasteiger partial charge is 0.282 e. The van der Waals surface area contributed by atoms with Crippen LogP contribution in [0.3, 0.4) is 0 Å². The van der Waals surface area contributed by atoms with Gasteiger partial charge in [-0.15, -0.1) is 0 Å². The molecule has 6 nitrogen and oxygen atoms in total. The highest BCUT2D eigenvalue weighted by Gasteiger charge is 2.36. The molecule has 1 aromatic rings. The van der Waals surface area contributed by atoms with Crippen LogP contribution in [0.25, 0.3) is 0 Å². The summed E-state index contributed by atoms with van der Waals surface area (Å²) in [5, 5.41) is 0. The molecule has 0 radical (unpaired) electrons. The Morgan fingerprint density at radius 2 is 1.85 bits per heavy atom. The van der Waals surface area contributed by atoms with Gasteiger partial charge in [-0.1, -0.05) is 18.2 Å². The van der Waals surface area contributed by atoms with Crippen LogP contribution in [0.15, 0.2) is 24.3 Å². The maximum Gasteiger partial charge on any atom is 0.282 e. The van der Waals surface area contributed by atoms with E-state index < -0.39 is 16.0 Å². The summed E-state index contributed by atoms with van der Waals surface area (Å²) in [4.78, 5) is 14.4. The van der Waals surface area contributed by atoms with E-state index in [1.165, 1.54) is 14.7 Å². The van der Waals surface area contributed by atoms with Gasteiger partial charge in [-0.25, -0.2) is 4.39 Å². The van der Waals surface area contributed by atoms with Gasteiger partial charge in [-0.2, -0.15) is 17.0 Å². The van der Waals surface area contributed by atoms with Gasteiger partial charge < -0.3 is 4.90 Å². The van der Waals surface area contributed by atoms with Gasteiger partial charge in [-0.3, -0.25) is 4.79 Å². The normalized spacial score (nSPS) is 24.5. The fourth-order valence-corrected chi connectivity index (χ4v) is 5.29. The number of piperidine rings is 1. The van der Waals surface area contributed by atoms with E-state index in [0.717, 1.165) is 19.3 Å². The van der Waals surface area contributed by atoms with Gasteiger partial charge in [0.15, 0.2) is 0 Å². The number of rotatable bonds is 4. The van der Waals surface area contributed by atoms with Gasteiger partial charge in [0.05, 0.1) is 6.54 Å². The van der Waals surface area contributed by atoms with Crippen molar-refractivity contribution in [2.45, 2.75) is 45.2 Å². The molecule has 26 heavy (non-hydrogen) atoms. The molecular weight excluding hydrogens is 357 g/mol. The second-order valence-corrected chi connectivity index (χ2v) is 8.98. The van der Waals surface area contributed by atoms with Crippen molar-refractivity contribution in [3.8, 4) is 0 Å². The Morgan fingerprint density at radius 1 is 1.12 bits per heavy atom. The van der Waals surface area contributed by atoms with E-state index in [1.54, 1.807) is 23.1 Å². The van der Waals surface area contributed by atoms with Crippen LogP contribution < -0.4 is 0 Å². The van der Waals surface area contributed by atoms with Gasteiger partial charge in [-0.05, 0) is 38.7 Å². The molecule has 8 heteroatoms. The van der Waals surface area contributed by atoms with E-state index in [1.807, 2.05) is 6.92 Å². The Labute approximate surface area is 154 Å². The lowest BCUT2D eigenvalue weighted by molar-refractivity contribution is -0.134. The van der Waals surface area contributed by atoms with Crippen molar-refractivity contribution in [1.29, 1.82) is 0 Å². The first-order valence-electron chi connectivity index (χ1n) is 9.17. The summed E-state index contributed by atoms with van der Waals surface area (Å²) in [6.45, 7) is 3.20. The average molecular weight is 383 g/mol. The Bertz CT molecular complexity index is 756. The molecule has 0 unspecified atom stereocenters. The Hall–Kier alpha value is -1.51. The van der Waals surface area contributed by atoms with Gasteiger partial charge in [0.25, 0.3) is 10.2 Å². The van der Waals surface area contributed by atoms with Gasteiger partial charge in [0.2, 0.25) is 5.91 Å². The fraction of sp³-hybridized carbons (Fsp3) is 0.611. The van der Waals surface area contributed by atoms with Crippen molar-refractivity contribution in [3.05, 3.63) is 35.6 Å². The number of hydrogen-bond acceptors (Lipinski definition) is 3. The monoisotopic (exact) mass is 383 g/mol. The summed E-state index contributed by atoms with van der Waals surface area (Å²) in [6.07, 6.45) is 3.64. The molecule has 1 aromatic carbocycles. The summed E-state index contributed by atoms with van der Waals surface area (Å²) >= 11 is 0. The number of likely N-dealkylation sites (tertiary alicyclic amines) is 1. The quantitative estimate of drug-likeness (QED) is 0.799. The number of carbonyl (C=O) groups excluding carboxylic acids is 1. The van der Waals surface area contributed by atoms with Crippen LogP contribution in [0.5, 0.6) is 0 Å². The highest BCUT2D eigenvalue weighted by atomic mass is 32.2. The van der Waals surface area contributed by atoms with Crippen LogP contribution in [0.4, 0.5) is 4.39 Å². The lowest BCUT2D eigenvalue weighted by Crippen LogP contribution is -2.54. The van der Waals surface area contributed by atoms with Gasteiger partial charge in [0.1, 0.15) is 5.82 Å². The number of amides is 1. The molecular formula is C18H26FN3O3S. The molecule has 3 rings (SSSR count). The van der Waals surface area contributed by atoms with E-state index in [9.17, 15) is 17.6 Å². The molecule has 2 heterocycles. The fourth-order valence-electron chi connectivity index (χ4n) is 3.67. The number of carbonyl (C=O) groups is 1. The zero-order valence-corrected chi connectivity index (χ0v) is 15.9. The van der Waals surface area contributed by atoms with Crippen molar-refractivity contribution < 1.29 is 17.6 Å². The number of halogens is 1. The Kier molecular flexibility index (Phi) is 5.94. The lowest BCUT2D eigenvalue weighted by atomic mass is 10.0. The summed E-state index contributed by atoms with van der Waals surface area (Å²) in [5.74, 6) is -0.563. The van der Waals surface area contributed by atoms with Crippen molar-refractivity contribution >= 4 is 16.1 Å². The van der Waals surface area contributed by atoms with Crippen LogP contribution in [-0.2, 0) is 21.5 Å². The predicted molar refractivity (Wildman–Crippen MR) is 96.9 cm³/mol. The van der Waals surface area contributed by atoms with Crippen LogP contribution in [0.1, 0.15) is 38.2 Å². The minimum Gasteiger partial charge on any atom is -0.339 e. The molecule has 0 N–H and O–H groups in total. The largest absolute Gasteiger partial charge is 0.339 e. The summed E-state index contributed by atoms with van der Waals surface area (Å²) in [7, 11) is -3.78. The van der Waals surface area contributed by atoms with Crippen LogP contribution >= 0.6 is 0 Å². The minimum atomic E-state index is -3.78. The molecule has 1 amide bonds. The summed E-state index contributed by atoms with van der Waals surface area (Å²) < 4.78 is 42.2. The highest BCUT2D eigenvalue weighted by Crippen LogP contribution is 2.22. The third kappa shape index (κ3) is 4.07. The van der Waals surface area contributed by atoms with E-state index in [0.29, 0.717) is 31.6 Å². The molecule has 144 valence electrons. The molecule has 2 saturated heterocycles. The van der Waals surface area contributed by atoms with Crippen LogP contribution in [-0.4, -0.2) is 60.1 Å².